The van der Waals surface area contributed by atoms with Gasteiger partial charge in [0.15, 0.2) is 11.9 Å². The molecule has 1 aromatic heterocycles. The zero-order chi connectivity index (χ0) is 9.14. The first kappa shape index (κ1) is 8.58. The van der Waals surface area contributed by atoms with E-state index in [-0.39, 0.29) is 0 Å². The number of ether oxygens (including phenoxy) is 1. The second kappa shape index (κ2) is 3.25. The molecule has 5 heteroatoms. The van der Waals surface area contributed by atoms with Crippen LogP contribution in [0.2, 0.25) is 0 Å². The molecule has 0 radical (unpaired) electrons. The number of rotatable bonds is 3. The van der Waals surface area contributed by atoms with Gasteiger partial charge >= 0.3 is 5.97 Å². The van der Waals surface area contributed by atoms with Crippen molar-refractivity contribution < 1.29 is 14.6 Å². The average molecular weight is 170 g/mol. The normalized spacial score (nSPS) is 12.5. The van der Waals surface area contributed by atoms with E-state index in [0.29, 0.717) is 5.75 Å². The van der Waals surface area contributed by atoms with Gasteiger partial charge in [0.1, 0.15) is 0 Å². The number of aliphatic carboxylic acids is 1. The third-order valence-electron chi connectivity index (χ3n) is 1.34. The molecule has 1 N–H and O–H groups in total. The number of aryl methyl sites for hydroxylation is 1. The van der Waals surface area contributed by atoms with Gasteiger partial charge < -0.3 is 9.84 Å². The summed E-state index contributed by atoms with van der Waals surface area (Å²) < 4.78 is 6.56. The third kappa shape index (κ3) is 1.98. The predicted octanol–water partition coefficient (Wildman–Crippen LogP) is 0.272. The van der Waals surface area contributed by atoms with Gasteiger partial charge in [0.05, 0.1) is 12.4 Å². The highest BCUT2D eigenvalue weighted by Gasteiger charge is 2.12. The first-order valence-electron chi connectivity index (χ1n) is 3.47. The molecule has 0 saturated heterocycles. The van der Waals surface area contributed by atoms with Gasteiger partial charge in [-0.1, -0.05) is 0 Å². The summed E-state index contributed by atoms with van der Waals surface area (Å²) in [6, 6.07) is 0. The lowest BCUT2D eigenvalue weighted by Crippen LogP contribution is -2.22. The third-order valence-corrected chi connectivity index (χ3v) is 1.34. The Morgan fingerprint density at radius 2 is 2.50 bits per heavy atom. The van der Waals surface area contributed by atoms with Gasteiger partial charge in [-0.05, 0) is 6.92 Å². The van der Waals surface area contributed by atoms with Crippen LogP contribution in [0, 0.1) is 0 Å². The molecule has 0 aromatic carbocycles. The Bertz CT molecular complexity index is 282. The number of hydrogen-bond acceptors (Lipinski definition) is 3. The molecule has 0 aliphatic rings. The second-order valence-corrected chi connectivity index (χ2v) is 2.45. The highest BCUT2D eigenvalue weighted by Crippen LogP contribution is 2.09. The van der Waals surface area contributed by atoms with E-state index in [1.807, 2.05) is 0 Å². The van der Waals surface area contributed by atoms with Crippen LogP contribution in [0.25, 0.3) is 0 Å². The molecule has 0 unspecified atom stereocenters. The number of hydrogen-bond donors (Lipinski definition) is 1. The molecule has 12 heavy (non-hydrogen) atoms. The van der Waals surface area contributed by atoms with Gasteiger partial charge in [-0.2, -0.15) is 5.10 Å². The zero-order valence-corrected chi connectivity index (χ0v) is 6.89. The number of carbonyl (C=O) groups is 1. The van der Waals surface area contributed by atoms with Crippen molar-refractivity contribution in [2.24, 2.45) is 7.05 Å². The lowest BCUT2D eigenvalue weighted by molar-refractivity contribution is -0.144. The first-order chi connectivity index (χ1) is 5.59. The summed E-state index contributed by atoms with van der Waals surface area (Å²) in [7, 11) is 1.73. The van der Waals surface area contributed by atoms with Gasteiger partial charge in [-0.25, -0.2) is 4.79 Å². The van der Waals surface area contributed by atoms with Gasteiger partial charge in [0.2, 0.25) is 0 Å². The molecule has 0 saturated carbocycles. The fourth-order valence-corrected chi connectivity index (χ4v) is 0.714. The lowest BCUT2D eigenvalue weighted by atomic mass is 10.4. The van der Waals surface area contributed by atoms with Crippen LogP contribution in [0.3, 0.4) is 0 Å². The molecule has 5 nitrogen and oxygen atoms in total. The van der Waals surface area contributed by atoms with Crippen molar-refractivity contribution in [2.75, 3.05) is 0 Å². The second-order valence-electron chi connectivity index (χ2n) is 2.45. The summed E-state index contributed by atoms with van der Waals surface area (Å²) in [4.78, 5) is 10.4. The highest BCUT2D eigenvalue weighted by atomic mass is 16.5. The first-order valence-corrected chi connectivity index (χ1v) is 3.47. The molecule has 1 rings (SSSR count). The van der Waals surface area contributed by atoms with Crippen LogP contribution in [-0.4, -0.2) is 27.0 Å². The molecular formula is C7H10N2O3. The van der Waals surface area contributed by atoms with Gasteiger partial charge in [0.25, 0.3) is 0 Å². The summed E-state index contributed by atoms with van der Waals surface area (Å²) in [6.45, 7) is 1.47. The molecule has 1 aromatic rings. The minimum absolute atomic E-state index is 0.465. The topological polar surface area (TPSA) is 64.4 Å². The van der Waals surface area contributed by atoms with Crippen LogP contribution in [0.1, 0.15) is 6.92 Å². The van der Waals surface area contributed by atoms with Crippen molar-refractivity contribution in [3.8, 4) is 5.75 Å². The van der Waals surface area contributed by atoms with Gasteiger partial charge in [-0.3, -0.25) is 4.68 Å². The Morgan fingerprint density at radius 1 is 1.83 bits per heavy atom. The van der Waals surface area contributed by atoms with Crippen molar-refractivity contribution in [1.29, 1.82) is 0 Å². The Kier molecular flexibility index (Phi) is 2.32. The minimum atomic E-state index is -0.987. The average Bonchev–Trinajstić information content (AvgIpc) is 2.35. The van der Waals surface area contributed by atoms with Gasteiger partial charge in [0, 0.05) is 7.05 Å². The standard InChI is InChI=1S/C7H10N2O3/c1-5(7(10)11)12-6-3-8-9(2)4-6/h3-5H,1-2H3,(H,10,11)/t5-/m1/s1. The smallest absolute Gasteiger partial charge is 0.344 e. The number of carboxylic acid groups (broad SMARTS) is 1. The molecule has 1 heterocycles. The predicted molar refractivity (Wildman–Crippen MR) is 40.9 cm³/mol. The van der Waals surface area contributed by atoms with Crippen molar-refractivity contribution in [1.82, 2.24) is 9.78 Å². The van der Waals surface area contributed by atoms with Crippen molar-refractivity contribution in [3.05, 3.63) is 12.4 Å². The van der Waals surface area contributed by atoms with Crippen molar-refractivity contribution >= 4 is 5.97 Å². The highest BCUT2D eigenvalue weighted by molar-refractivity contribution is 5.72. The summed E-state index contributed by atoms with van der Waals surface area (Å²) in [5, 5.41) is 12.3. The molecular weight excluding hydrogens is 160 g/mol. The maximum absolute atomic E-state index is 10.4. The number of nitrogens with zero attached hydrogens (tertiary/aromatic N) is 2. The van der Waals surface area contributed by atoms with E-state index in [0.717, 1.165) is 0 Å². The number of carboxylic acids is 1. The maximum Gasteiger partial charge on any atom is 0.344 e. The van der Waals surface area contributed by atoms with E-state index in [1.165, 1.54) is 13.1 Å². The van der Waals surface area contributed by atoms with Crippen molar-refractivity contribution in [2.45, 2.75) is 13.0 Å². The molecule has 0 aliphatic carbocycles. The fourth-order valence-electron chi connectivity index (χ4n) is 0.714. The van der Waals surface area contributed by atoms with E-state index in [4.69, 9.17) is 9.84 Å². The van der Waals surface area contributed by atoms with Gasteiger partial charge in [-0.15, -0.1) is 0 Å². The largest absolute Gasteiger partial charge is 0.479 e. The maximum atomic E-state index is 10.4. The molecule has 0 aliphatic heterocycles. The molecule has 0 spiro atoms. The summed E-state index contributed by atoms with van der Waals surface area (Å²) in [6.07, 6.45) is 2.24. The molecule has 0 bridgehead atoms. The van der Waals surface area contributed by atoms with Crippen LogP contribution in [0.5, 0.6) is 5.75 Å². The molecule has 1 atom stereocenters. The molecule has 0 fully saturated rings. The summed E-state index contributed by atoms with van der Waals surface area (Å²) in [5.41, 5.74) is 0. The molecule has 0 amide bonds. The Balaban J connectivity index is 2.58. The van der Waals surface area contributed by atoms with Crippen molar-refractivity contribution in [3.63, 3.8) is 0 Å². The monoisotopic (exact) mass is 170 g/mol. The minimum Gasteiger partial charge on any atom is -0.479 e. The quantitative estimate of drug-likeness (QED) is 0.707. The van der Waals surface area contributed by atoms with E-state index < -0.39 is 12.1 Å². The van der Waals surface area contributed by atoms with Crippen LogP contribution in [0.4, 0.5) is 0 Å². The molecule has 66 valence electrons. The summed E-state index contributed by atoms with van der Waals surface area (Å²) in [5.74, 6) is -0.522. The van der Waals surface area contributed by atoms with Crippen LogP contribution < -0.4 is 4.74 Å². The Morgan fingerprint density at radius 3 is 2.92 bits per heavy atom. The summed E-state index contributed by atoms with van der Waals surface area (Å²) >= 11 is 0. The van der Waals surface area contributed by atoms with E-state index in [2.05, 4.69) is 5.10 Å². The fraction of sp³-hybridized carbons (Fsp3) is 0.429. The Labute approximate surface area is 69.6 Å². The van der Waals surface area contributed by atoms with E-state index in [1.54, 1.807) is 17.9 Å². The Hall–Kier alpha value is -1.52. The van der Waals surface area contributed by atoms with Crippen LogP contribution >= 0.6 is 0 Å². The van der Waals surface area contributed by atoms with E-state index >= 15 is 0 Å². The number of aromatic nitrogens is 2. The zero-order valence-electron chi connectivity index (χ0n) is 6.89. The lowest BCUT2D eigenvalue weighted by Gasteiger charge is -2.06. The SMILES string of the molecule is C[C@@H](Oc1cnn(C)c1)C(=O)O. The van der Waals surface area contributed by atoms with Crippen LogP contribution in [0.15, 0.2) is 12.4 Å². The van der Waals surface area contributed by atoms with Crippen LogP contribution in [-0.2, 0) is 11.8 Å². The van der Waals surface area contributed by atoms with E-state index in [9.17, 15) is 4.79 Å².